The summed E-state index contributed by atoms with van der Waals surface area (Å²) in [5.74, 6) is 4.27. The van der Waals surface area contributed by atoms with Crippen LogP contribution in [0.3, 0.4) is 0 Å². The van der Waals surface area contributed by atoms with Gasteiger partial charge in [0, 0.05) is 123 Å². The average Bonchev–Trinajstić information content (AvgIpc) is 0.750. The third kappa shape index (κ3) is 15.0. The van der Waals surface area contributed by atoms with Crippen LogP contribution in [0.15, 0.2) is 438 Å². The van der Waals surface area contributed by atoms with Crippen molar-refractivity contribution >= 4 is 108 Å². The van der Waals surface area contributed by atoms with Crippen molar-refractivity contribution in [3.05, 3.63) is 438 Å². The molecule has 0 fully saturated rings. The highest BCUT2D eigenvalue weighted by molar-refractivity contribution is 6.18. The van der Waals surface area contributed by atoms with E-state index < -0.39 is 0 Å². The number of hydrogen-bond acceptors (Lipinski definition) is 14. The standard InChI is InChI=1S/C42H26N4.C41H25N5.C33H21N5/c1-3-13-31-27(10-1)22-37(35-17-7-5-15-33(31)35)40-24-41(38-23-28-11-2-4-14-32(28)34-16-6-8-18-36(34)38)46-42(45-40)30-19-20-39(44-26-30)29-12-9-21-43-25-29;1-3-13-30-26(10-1)22-36(34-17-7-5-15-32(30)34)40-44-39(29-19-20-38(43-25-29)28-12-9-21-42-24-28)45-41(46-40)37-23-27-11-2-4-14-31(27)33-16-6-8-18-35(33)37;1-3-8-24-18-26(13-11-22(24)6-1)31-36-32(27-14-12-23-7-2-4-9-25(23)19-27)38-33(37-31)29-15-16-30(35-21-29)28-10-5-17-34-20-28/h1-26H;1-25H;1-21H. The van der Waals surface area contributed by atoms with Crippen LogP contribution in [0.5, 0.6) is 0 Å². The molecule has 0 aliphatic carbocycles. The molecule has 14 heteroatoms. The Morgan fingerprint density at radius 3 is 0.700 bits per heavy atom. The van der Waals surface area contributed by atoms with Gasteiger partial charge < -0.3 is 0 Å². The van der Waals surface area contributed by atoms with Gasteiger partial charge in [0.2, 0.25) is 0 Å². The van der Waals surface area contributed by atoms with Crippen LogP contribution in [0.1, 0.15) is 0 Å². The largest absolute Gasteiger partial charge is 0.264 e. The second-order valence-corrected chi connectivity index (χ2v) is 32.0. The van der Waals surface area contributed by atoms with Crippen LogP contribution in [-0.2, 0) is 0 Å². The maximum absolute atomic E-state index is 5.24. The van der Waals surface area contributed by atoms with E-state index in [2.05, 4.69) is 311 Å². The first-order valence-corrected chi connectivity index (χ1v) is 43.0. The Kier molecular flexibility index (Phi) is 19.9. The van der Waals surface area contributed by atoms with E-state index in [-0.39, 0.29) is 0 Å². The first-order chi connectivity index (χ1) is 64.4. The maximum Gasteiger partial charge on any atom is 0.165 e. The van der Waals surface area contributed by atoms with E-state index in [9.17, 15) is 0 Å². The molecule has 0 aliphatic rings. The molecule has 0 radical (unpaired) electrons. The number of nitrogens with zero attached hydrogens (tertiary/aromatic N) is 14. The highest BCUT2D eigenvalue weighted by Crippen LogP contribution is 2.43. The normalized spacial score (nSPS) is 11.4. The van der Waals surface area contributed by atoms with Gasteiger partial charge in [0.15, 0.2) is 40.8 Å². The van der Waals surface area contributed by atoms with Crippen LogP contribution in [0.4, 0.5) is 0 Å². The minimum atomic E-state index is 0.569. The van der Waals surface area contributed by atoms with Crippen LogP contribution < -0.4 is 0 Å². The Morgan fingerprint density at radius 1 is 0.131 bits per heavy atom. The Hall–Kier alpha value is -17.9. The zero-order valence-corrected chi connectivity index (χ0v) is 69.8. The van der Waals surface area contributed by atoms with Crippen molar-refractivity contribution in [1.82, 2.24) is 69.8 Å². The monoisotopic (exact) mass is 1660 g/mol. The Morgan fingerprint density at radius 2 is 0.385 bits per heavy atom. The fraction of sp³-hybridized carbons (Fsp3) is 0. The Bertz CT molecular complexity index is 7930. The van der Waals surface area contributed by atoms with Gasteiger partial charge in [-0.25, -0.2) is 39.9 Å². The first-order valence-electron chi connectivity index (χ1n) is 43.0. The molecule has 0 saturated heterocycles. The molecule has 0 aliphatic heterocycles. The summed E-state index contributed by atoms with van der Waals surface area (Å²) in [5.41, 5.74) is 15.6. The van der Waals surface area contributed by atoms with Crippen LogP contribution in [-0.4, -0.2) is 69.8 Å². The topological polar surface area (TPSA) is 180 Å². The summed E-state index contributed by atoms with van der Waals surface area (Å²) >= 11 is 0. The quantitative estimate of drug-likeness (QED) is 0.105. The van der Waals surface area contributed by atoms with Gasteiger partial charge >= 0.3 is 0 Å². The number of hydrogen-bond donors (Lipinski definition) is 0. The van der Waals surface area contributed by atoms with E-state index in [0.717, 1.165) is 149 Å². The molecule has 0 atom stereocenters. The van der Waals surface area contributed by atoms with Gasteiger partial charge in [0.05, 0.1) is 28.5 Å². The molecule has 0 bridgehead atoms. The number of aromatic nitrogens is 14. The van der Waals surface area contributed by atoms with Crippen molar-refractivity contribution in [2.45, 2.75) is 0 Å². The molecule has 0 N–H and O–H groups in total. The molecule has 0 unspecified atom stereocenters. The van der Waals surface area contributed by atoms with Crippen molar-refractivity contribution in [2.24, 2.45) is 0 Å². The molecule has 9 heterocycles. The Balaban J connectivity index is 0.000000112. The molecule has 606 valence electrons. The minimum Gasteiger partial charge on any atom is -0.264 e. The van der Waals surface area contributed by atoms with Crippen molar-refractivity contribution in [1.29, 1.82) is 0 Å². The number of benzene rings is 16. The molecular formula is C116H72N14. The predicted octanol–water partition coefficient (Wildman–Crippen LogP) is 28.1. The third-order valence-electron chi connectivity index (χ3n) is 24.1. The predicted molar refractivity (Wildman–Crippen MR) is 529 cm³/mol. The summed E-state index contributed by atoms with van der Waals surface area (Å²) in [6, 6.07) is 132. The molecule has 25 rings (SSSR count). The zero-order chi connectivity index (χ0) is 86.2. The van der Waals surface area contributed by atoms with Crippen LogP contribution in [0, 0.1) is 0 Å². The summed E-state index contributed by atoms with van der Waals surface area (Å²) < 4.78 is 0. The number of fused-ring (bicyclic) bond motifs is 14. The van der Waals surface area contributed by atoms with Crippen LogP contribution >= 0.6 is 0 Å². The van der Waals surface area contributed by atoms with E-state index in [0.29, 0.717) is 40.8 Å². The lowest BCUT2D eigenvalue weighted by atomic mass is 9.93. The van der Waals surface area contributed by atoms with Crippen molar-refractivity contribution in [3.8, 4) is 136 Å². The van der Waals surface area contributed by atoms with Crippen LogP contribution in [0.2, 0.25) is 0 Å². The smallest absolute Gasteiger partial charge is 0.165 e. The molecule has 16 aromatic carbocycles. The zero-order valence-electron chi connectivity index (χ0n) is 69.8. The fourth-order valence-corrected chi connectivity index (χ4v) is 17.7. The molecule has 0 spiro atoms. The van der Waals surface area contributed by atoms with Gasteiger partial charge in [-0.1, -0.05) is 267 Å². The van der Waals surface area contributed by atoms with Crippen molar-refractivity contribution in [2.75, 3.05) is 0 Å². The van der Waals surface area contributed by atoms with E-state index in [1.165, 1.54) is 53.9 Å². The van der Waals surface area contributed by atoms with Crippen LogP contribution in [0.25, 0.3) is 244 Å². The summed E-state index contributed by atoms with van der Waals surface area (Å²) in [7, 11) is 0. The molecule has 25 aromatic rings. The maximum atomic E-state index is 5.24. The van der Waals surface area contributed by atoms with Gasteiger partial charge in [-0.3, -0.25) is 29.9 Å². The third-order valence-corrected chi connectivity index (χ3v) is 24.1. The van der Waals surface area contributed by atoms with E-state index in [4.69, 9.17) is 49.8 Å². The van der Waals surface area contributed by atoms with E-state index >= 15 is 0 Å². The van der Waals surface area contributed by atoms with Gasteiger partial charge in [-0.05, 0) is 223 Å². The summed E-state index contributed by atoms with van der Waals surface area (Å²) in [4.78, 5) is 67.6. The van der Waals surface area contributed by atoms with Gasteiger partial charge in [0.1, 0.15) is 0 Å². The molecule has 130 heavy (non-hydrogen) atoms. The highest BCUT2D eigenvalue weighted by Gasteiger charge is 2.23. The molecular weight excluding hydrogens is 1590 g/mol. The second kappa shape index (κ2) is 33.6. The van der Waals surface area contributed by atoms with Crippen molar-refractivity contribution < 1.29 is 0 Å². The van der Waals surface area contributed by atoms with Gasteiger partial charge in [-0.15, -0.1) is 0 Å². The summed E-state index contributed by atoms with van der Waals surface area (Å²) in [6.45, 7) is 0. The van der Waals surface area contributed by atoms with E-state index in [1.54, 1.807) is 24.8 Å². The summed E-state index contributed by atoms with van der Waals surface area (Å²) in [6.07, 6.45) is 16.2. The number of rotatable bonds is 12. The second-order valence-electron chi connectivity index (χ2n) is 32.0. The minimum absolute atomic E-state index is 0.569. The lowest BCUT2D eigenvalue weighted by molar-refractivity contribution is 1.07. The molecule has 9 aromatic heterocycles. The lowest BCUT2D eigenvalue weighted by Gasteiger charge is -2.15. The average molecular weight is 1660 g/mol. The first kappa shape index (κ1) is 77.0. The highest BCUT2D eigenvalue weighted by atomic mass is 15.0. The molecule has 0 amide bonds. The summed E-state index contributed by atoms with van der Waals surface area (Å²) in [5, 5.41) is 23.4. The molecule has 14 nitrogen and oxygen atoms in total. The lowest BCUT2D eigenvalue weighted by Crippen LogP contribution is -2.01. The molecule has 0 saturated carbocycles. The number of pyridine rings is 6. The van der Waals surface area contributed by atoms with Gasteiger partial charge in [0.25, 0.3) is 0 Å². The Labute approximate surface area is 746 Å². The van der Waals surface area contributed by atoms with E-state index in [1.807, 2.05) is 122 Å². The fourth-order valence-electron chi connectivity index (χ4n) is 17.7. The van der Waals surface area contributed by atoms with Gasteiger partial charge in [-0.2, -0.15) is 0 Å². The SMILES string of the molecule is c1cncc(-c2ccc(-c3nc(-c4cc5ccccc5c5ccccc45)cc(-c4cc5ccccc5c5ccccc45)n3)cn2)c1.c1cncc(-c2ccc(-c3nc(-c4cc5ccccc5c5ccccc45)nc(-c4cc5ccccc5c5ccccc45)n3)cn2)c1.c1cncc(-c2ccc(-c3nc(-c4ccc5ccccc5c4)nc(-c4ccc5ccccc5c4)n3)cn2)c1. The van der Waals surface area contributed by atoms with Crippen molar-refractivity contribution in [3.63, 3.8) is 0 Å².